The molecule has 98 valence electrons. The van der Waals surface area contributed by atoms with Crippen LogP contribution < -0.4 is 10.5 Å². The largest absolute Gasteiger partial charge is 0.496 e. The van der Waals surface area contributed by atoms with E-state index in [9.17, 15) is 0 Å². The average molecular weight is 246 g/mol. The number of nitriles is 1. The molecular formula is C15H22N2O. The molecule has 0 aliphatic heterocycles. The van der Waals surface area contributed by atoms with E-state index in [2.05, 4.69) is 32.0 Å². The average Bonchev–Trinajstić information content (AvgIpc) is 2.36. The summed E-state index contributed by atoms with van der Waals surface area (Å²) in [5, 5.41) is 8.94. The van der Waals surface area contributed by atoms with Crippen LogP contribution in [0, 0.1) is 11.3 Å². The standard InChI is InChI=1S/C15H22N2O/c1-11(2)12-5-6-14(18-4)13(9-12)7-8-15(3,17)10-16/h5-6,9,11H,7-8,17H2,1-4H3. The Labute approximate surface area is 110 Å². The Balaban J connectivity index is 2.92. The van der Waals surface area contributed by atoms with Crippen LogP contribution in [0.1, 0.15) is 44.2 Å². The molecule has 3 heteroatoms. The van der Waals surface area contributed by atoms with E-state index in [1.807, 2.05) is 6.07 Å². The maximum atomic E-state index is 8.94. The van der Waals surface area contributed by atoms with Crippen LogP contribution in [0.5, 0.6) is 5.75 Å². The number of rotatable bonds is 5. The van der Waals surface area contributed by atoms with Gasteiger partial charge in [-0.3, -0.25) is 0 Å². The van der Waals surface area contributed by atoms with Crippen LogP contribution in [0.3, 0.4) is 0 Å². The van der Waals surface area contributed by atoms with E-state index in [1.165, 1.54) is 5.56 Å². The van der Waals surface area contributed by atoms with Crippen molar-refractivity contribution in [2.75, 3.05) is 7.11 Å². The molecule has 0 fully saturated rings. The van der Waals surface area contributed by atoms with E-state index in [-0.39, 0.29) is 0 Å². The molecular weight excluding hydrogens is 224 g/mol. The highest BCUT2D eigenvalue weighted by Crippen LogP contribution is 2.26. The van der Waals surface area contributed by atoms with Gasteiger partial charge in [-0.05, 0) is 42.9 Å². The fourth-order valence-electron chi connectivity index (χ4n) is 1.80. The lowest BCUT2D eigenvalue weighted by atomic mass is 9.93. The van der Waals surface area contributed by atoms with Gasteiger partial charge in [0.1, 0.15) is 11.3 Å². The van der Waals surface area contributed by atoms with Gasteiger partial charge in [0, 0.05) is 0 Å². The van der Waals surface area contributed by atoms with Gasteiger partial charge in [-0.25, -0.2) is 0 Å². The Morgan fingerprint density at radius 2 is 2.11 bits per heavy atom. The van der Waals surface area contributed by atoms with Gasteiger partial charge in [-0.15, -0.1) is 0 Å². The molecule has 3 nitrogen and oxygen atoms in total. The van der Waals surface area contributed by atoms with Crippen molar-refractivity contribution in [1.29, 1.82) is 5.26 Å². The Morgan fingerprint density at radius 3 is 2.61 bits per heavy atom. The van der Waals surface area contributed by atoms with Crippen molar-refractivity contribution < 1.29 is 4.74 Å². The second-order valence-corrected chi connectivity index (χ2v) is 5.26. The molecule has 0 bridgehead atoms. The maximum Gasteiger partial charge on any atom is 0.122 e. The molecule has 0 amide bonds. The summed E-state index contributed by atoms with van der Waals surface area (Å²) < 4.78 is 5.36. The van der Waals surface area contributed by atoms with Crippen LogP contribution in [-0.2, 0) is 6.42 Å². The maximum absolute atomic E-state index is 8.94. The second-order valence-electron chi connectivity index (χ2n) is 5.26. The summed E-state index contributed by atoms with van der Waals surface area (Å²) in [7, 11) is 1.67. The van der Waals surface area contributed by atoms with E-state index in [0.29, 0.717) is 12.3 Å². The molecule has 1 aromatic carbocycles. The Bertz CT molecular complexity index is 444. The van der Waals surface area contributed by atoms with Gasteiger partial charge in [-0.2, -0.15) is 5.26 Å². The van der Waals surface area contributed by atoms with Gasteiger partial charge in [-0.1, -0.05) is 26.0 Å². The van der Waals surface area contributed by atoms with Crippen LogP contribution in [-0.4, -0.2) is 12.6 Å². The van der Waals surface area contributed by atoms with Crippen molar-refractivity contribution in [3.8, 4) is 11.8 Å². The fraction of sp³-hybridized carbons (Fsp3) is 0.533. The Morgan fingerprint density at radius 1 is 1.44 bits per heavy atom. The van der Waals surface area contributed by atoms with Crippen LogP contribution >= 0.6 is 0 Å². The minimum atomic E-state index is -0.779. The van der Waals surface area contributed by atoms with Crippen LogP contribution in [0.25, 0.3) is 0 Å². The fourth-order valence-corrected chi connectivity index (χ4v) is 1.80. The Kier molecular flexibility index (Phi) is 4.75. The molecule has 0 aliphatic carbocycles. The molecule has 1 unspecified atom stereocenters. The monoisotopic (exact) mass is 246 g/mol. The topological polar surface area (TPSA) is 59.0 Å². The first kappa shape index (κ1) is 14.5. The smallest absolute Gasteiger partial charge is 0.122 e. The molecule has 1 rings (SSSR count). The van der Waals surface area contributed by atoms with Gasteiger partial charge in [0.15, 0.2) is 0 Å². The van der Waals surface area contributed by atoms with Crippen molar-refractivity contribution in [3.05, 3.63) is 29.3 Å². The molecule has 2 N–H and O–H groups in total. The molecule has 0 saturated carbocycles. The molecule has 0 aromatic heterocycles. The van der Waals surface area contributed by atoms with E-state index in [4.69, 9.17) is 15.7 Å². The van der Waals surface area contributed by atoms with Crippen molar-refractivity contribution in [1.82, 2.24) is 0 Å². The molecule has 0 saturated heterocycles. The highest BCUT2D eigenvalue weighted by atomic mass is 16.5. The lowest BCUT2D eigenvalue weighted by molar-refractivity contribution is 0.406. The minimum absolute atomic E-state index is 0.481. The van der Waals surface area contributed by atoms with Gasteiger partial charge in [0.2, 0.25) is 0 Å². The summed E-state index contributed by atoms with van der Waals surface area (Å²) in [6.45, 7) is 6.08. The number of methoxy groups -OCH3 is 1. The SMILES string of the molecule is COc1ccc(C(C)C)cc1CCC(C)(N)C#N. The summed E-state index contributed by atoms with van der Waals surface area (Å²) in [6, 6.07) is 8.35. The molecule has 0 aliphatic rings. The number of aryl methyl sites for hydroxylation is 1. The first-order chi connectivity index (χ1) is 8.39. The predicted molar refractivity (Wildman–Crippen MR) is 73.6 cm³/mol. The van der Waals surface area contributed by atoms with Crippen LogP contribution in [0.4, 0.5) is 0 Å². The highest BCUT2D eigenvalue weighted by molar-refractivity contribution is 5.38. The lowest BCUT2D eigenvalue weighted by Crippen LogP contribution is -2.34. The van der Waals surface area contributed by atoms with Gasteiger partial charge < -0.3 is 10.5 Å². The lowest BCUT2D eigenvalue weighted by Gasteiger charge is -2.17. The van der Waals surface area contributed by atoms with E-state index < -0.39 is 5.54 Å². The van der Waals surface area contributed by atoms with Gasteiger partial charge in [0.05, 0.1) is 13.2 Å². The zero-order chi connectivity index (χ0) is 13.8. The molecule has 1 aromatic rings. The summed E-state index contributed by atoms with van der Waals surface area (Å²) in [5.74, 6) is 1.35. The molecule has 0 spiro atoms. The first-order valence-corrected chi connectivity index (χ1v) is 6.26. The normalized spacial score (nSPS) is 14.1. The second kappa shape index (κ2) is 5.88. The van der Waals surface area contributed by atoms with Crippen molar-refractivity contribution in [3.63, 3.8) is 0 Å². The zero-order valence-corrected chi connectivity index (χ0v) is 11.7. The highest BCUT2D eigenvalue weighted by Gasteiger charge is 2.18. The number of benzene rings is 1. The summed E-state index contributed by atoms with van der Waals surface area (Å²) in [5.41, 5.74) is 7.47. The summed E-state index contributed by atoms with van der Waals surface area (Å²) >= 11 is 0. The summed E-state index contributed by atoms with van der Waals surface area (Å²) in [4.78, 5) is 0. The van der Waals surface area contributed by atoms with E-state index in [1.54, 1.807) is 14.0 Å². The van der Waals surface area contributed by atoms with Crippen LogP contribution in [0.2, 0.25) is 0 Å². The quantitative estimate of drug-likeness (QED) is 0.868. The van der Waals surface area contributed by atoms with Crippen molar-refractivity contribution >= 4 is 0 Å². The summed E-state index contributed by atoms with van der Waals surface area (Å²) in [6.07, 6.45) is 1.38. The molecule has 0 radical (unpaired) electrons. The van der Waals surface area contributed by atoms with Crippen molar-refractivity contribution in [2.45, 2.75) is 45.1 Å². The minimum Gasteiger partial charge on any atom is -0.496 e. The molecule has 0 heterocycles. The van der Waals surface area contributed by atoms with Gasteiger partial charge >= 0.3 is 0 Å². The zero-order valence-electron chi connectivity index (χ0n) is 11.7. The van der Waals surface area contributed by atoms with E-state index >= 15 is 0 Å². The third-order valence-corrected chi connectivity index (χ3v) is 3.14. The third-order valence-electron chi connectivity index (χ3n) is 3.14. The number of nitrogens with zero attached hydrogens (tertiary/aromatic N) is 1. The first-order valence-electron chi connectivity index (χ1n) is 6.26. The van der Waals surface area contributed by atoms with E-state index in [0.717, 1.165) is 17.7 Å². The number of hydrogen-bond donors (Lipinski definition) is 1. The number of hydrogen-bond acceptors (Lipinski definition) is 3. The number of ether oxygens (including phenoxy) is 1. The molecule has 1 atom stereocenters. The van der Waals surface area contributed by atoms with Crippen molar-refractivity contribution in [2.24, 2.45) is 5.73 Å². The molecule has 18 heavy (non-hydrogen) atoms. The van der Waals surface area contributed by atoms with Gasteiger partial charge in [0.25, 0.3) is 0 Å². The van der Waals surface area contributed by atoms with Crippen LogP contribution in [0.15, 0.2) is 18.2 Å². The predicted octanol–water partition coefficient (Wildman–Crippen LogP) is 2.99. The Hall–Kier alpha value is -1.53. The third kappa shape index (κ3) is 3.75. The number of nitrogens with two attached hydrogens (primary N) is 1.